The number of anilines is 2. The van der Waals surface area contributed by atoms with E-state index in [2.05, 4.69) is 56.5 Å². The summed E-state index contributed by atoms with van der Waals surface area (Å²) >= 11 is 0. The van der Waals surface area contributed by atoms with Gasteiger partial charge in [-0.05, 0) is 48.9 Å². The molecule has 0 aliphatic carbocycles. The van der Waals surface area contributed by atoms with Gasteiger partial charge in [0.25, 0.3) is 0 Å². The normalized spacial score (nSPS) is 19.1. The molecule has 1 heterocycles. The van der Waals surface area contributed by atoms with E-state index in [1.807, 2.05) is 57.1 Å². The summed E-state index contributed by atoms with van der Waals surface area (Å²) in [5.74, 6) is -0.438. The SMILES string of the molecule is CC(C)c1cccc(C(C)C)c1NC(=O)NCC1(c2ccc(N(C)C)cc2)O[C@H](C)[C@@H](C)O1.Cl. The summed E-state index contributed by atoms with van der Waals surface area (Å²) in [6, 6.07) is 14.0. The van der Waals surface area contributed by atoms with Gasteiger partial charge in [-0.1, -0.05) is 58.0 Å². The van der Waals surface area contributed by atoms with Crippen molar-refractivity contribution in [3.05, 3.63) is 59.2 Å². The number of benzene rings is 2. The van der Waals surface area contributed by atoms with Crippen molar-refractivity contribution in [2.75, 3.05) is 30.9 Å². The van der Waals surface area contributed by atoms with Gasteiger partial charge in [-0.2, -0.15) is 0 Å². The predicted octanol–water partition coefficient (Wildman–Crippen LogP) is 6.22. The Balaban J connectivity index is 0.00000408. The molecule has 3 rings (SSSR count). The largest absolute Gasteiger partial charge is 0.378 e. The average Bonchev–Trinajstić information content (AvgIpc) is 3.06. The van der Waals surface area contributed by atoms with Crippen molar-refractivity contribution < 1.29 is 14.3 Å². The first kappa shape index (κ1) is 28.0. The summed E-state index contributed by atoms with van der Waals surface area (Å²) in [4.78, 5) is 15.1. The minimum absolute atomic E-state index is 0. The topological polar surface area (TPSA) is 62.8 Å². The number of urea groups is 1. The van der Waals surface area contributed by atoms with Gasteiger partial charge in [-0.15, -0.1) is 12.4 Å². The number of hydrogen-bond donors (Lipinski definition) is 2. The second kappa shape index (κ2) is 11.4. The molecular formula is C27H40ClN3O3. The van der Waals surface area contributed by atoms with Gasteiger partial charge in [0.05, 0.1) is 18.8 Å². The lowest BCUT2D eigenvalue weighted by Crippen LogP contribution is -2.44. The fourth-order valence-corrected chi connectivity index (χ4v) is 4.20. The van der Waals surface area contributed by atoms with E-state index in [0.29, 0.717) is 11.8 Å². The quantitative estimate of drug-likeness (QED) is 0.484. The number of nitrogens with zero attached hydrogens (tertiary/aromatic N) is 1. The molecule has 0 aromatic heterocycles. The minimum atomic E-state index is -1.03. The number of rotatable bonds is 7. The van der Waals surface area contributed by atoms with E-state index >= 15 is 0 Å². The van der Waals surface area contributed by atoms with Crippen LogP contribution in [0, 0.1) is 0 Å². The first-order chi connectivity index (χ1) is 15.5. The number of amides is 2. The van der Waals surface area contributed by atoms with Crippen molar-refractivity contribution in [2.45, 2.75) is 71.4 Å². The third kappa shape index (κ3) is 6.04. The molecule has 2 N–H and O–H groups in total. The van der Waals surface area contributed by atoms with E-state index in [-0.39, 0.29) is 37.2 Å². The van der Waals surface area contributed by atoms with Crippen LogP contribution in [0.5, 0.6) is 0 Å². The van der Waals surface area contributed by atoms with Gasteiger partial charge < -0.3 is 25.0 Å². The summed E-state index contributed by atoms with van der Waals surface area (Å²) in [6.45, 7) is 12.7. The molecule has 2 amide bonds. The molecule has 1 aliphatic rings. The number of para-hydroxylation sites is 1. The van der Waals surface area contributed by atoms with Crippen molar-refractivity contribution in [2.24, 2.45) is 0 Å². The van der Waals surface area contributed by atoms with Crippen molar-refractivity contribution >= 4 is 29.8 Å². The van der Waals surface area contributed by atoms with E-state index in [4.69, 9.17) is 9.47 Å². The Morgan fingerprint density at radius 2 is 1.44 bits per heavy atom. The Hall–Kier alpha value is -2.28. The fourth-order valence-electron chi connectivity index (χ4n) is 4.20. The molecule has 0 saturated carbocycles. The molecule has 34 heavy (non-hydrogen) atoms. The van der Waals surface area contributed by atoms with Crippen LogP contribution in [0.2, 0.25) is 0 Å². The van der Waals surface area contributed by atoms with E-state index in [9.17, 15) is 4.79 Å². The summed E-state index contributed by atoms with van der Waals surface area (Å²) in [7, 11) is 4.01. The van der Waals surface area contributed by atoms with Crippen molar-refractivity contribution in [1.82, 2.24) is 5.32 Å². The smallest absolute Gasteiger partial charge is 0.319 e. The molecule has 1 fully saturated rings. The zero-order valence-electron chi connectivity index (χ0n) is 21.6. The van der Waals surface area contributed by atoms with Crippen LogP contribution in [0.25, 0.3) is 0 Å². The molecule has 2 aromatic rings. The highest BCUT2D eigenvalue weighted by Gasteiger charge is 2.46. The fraction of sp³-hybridized carbons (Fsp3) is 0.519. The van der Waals surface area contributed by atoms with Crippen LogP contribution in [0.15, 0.2) is 42.5 Å². The second-order valence-electron chi connectivity index (χ2n) is 9.77. The molecule has 2 atom stereocenters. The van der Waals surface area contributed by atoms with Crippen LogP contribution in [0.1, 0.15) is 70.1 Å². The van der Waals surface area contributed by atoms with Crippen LogP contribution >= 0.6 is 12.4 Å². The summed E-state index contributed by atoms with van der Waals surface area (Å²) in [5, 5.41) is 6.13. The first-order valence-corrected chi connectivity index (χ1v) is 11.8. The monoisotopic (exact) mass is 489 g/mol. The van der Waals surface area contributed by atoms with Crippen LogP contribution in [0.4, 0.5) is 16.2 Å². The number of hydrogen-bond acceptors (Lipinski definition) is 4. The van der Waals surface area contributed by atoms with Crippen LogP contribution in [-0.4, -0.2) is 38.9 Å². The van der Waals surface area contributed by atoms with Crippen molar-refractivity contribution in [3.63, 3.8) is 0 Å². The second-order valence-corrected chi connectivity index (χ2v) is 9.77. The Morgan fingerprint density at radius 3 is 1.88 bits per heavy atom. The van der Waals surface area contributed by atoms with Crippen LogP contribution in [0.3, 0.4) is 0 Å². The molecule has 0 radical (unpaired) electrons. The van der Waals surface area contributed by atoms with E-state index < -0.39 is 5.79 Å². The van der Waals surface area contributed by atoms with Crippen LogP contribution < -0.4 is 15.5 Å². The number of ether oxygens (including phenoxy) is 2. The lowest BCUT2D eigenvalue weighted by molar-refractivity contribution is -0.176. The Bertz CT molecular complexity index is 924. The summed E-state index contributed by atoms with van der Waals surface area (Å²) in [5.41, 5.74) is 5.11. The average molecular weight is 490 g/mol. The van der Waals surface area contributed by atoms with Crippen molar-refractivity contribution in [1.29, 1.82) is 0 Å². The molecular weight excluding hydrogens is 450 g/mol. The molecule has 7 heteroatoms. The van der Waals surface area contributed by atoms with Gasteiger partial charge in [-0.3, -0.25) is 0 Å². The van der Waals surface area contributed by atoms with Gasteiger partial charge >= 0.3 is 6.03 Å². The zero-order chi connectivity index (χ0) is 24.3. The summed E-state index contributed by atoms with van der Waals surface area (Å²) in [6.07, 6.45) is -0.171. The summed E-state index contributed by atoms with van der Waals surface area (Å²) < 4.78 is 12.6. The third-order valence-corrected chi connectivity index (χ3v) is 6.33. The maximum Gasteiger partial charge on any atom is 0.319 e. The van der Waals surface area contributed by atoms with Gasteiger partial charge in [0.15, 0.2) is 0 Å². The Morgan fingerprint density at radius 1 is 0.941 bits per heavy atom. The Kier molecular flexibility index (Phi) is 9.40. The minimum Gasteiger partial charge on any atom is -0.378 e. The molecule has 1 saturated heterocycles. The van der Waals surface area contributed by atoms with Crippen molar-refractivity contribution in [3.8, 4) is 0 Å². The predicted molar refractivity (Wildman–Crippen MR) is 142 cm³/mol. The molecule has 6 nitrogen and oxygen atoms in total. The van der Waals surface area contributed by atoms with E-state index in [1.165, 1.54) is 0 Å². The van der Waals surface area contributed by atoms with E-state index in [1.54, 1.807) is 0 Å². The third-order valence-electron chi connectivity index (χ3n) is 6.33. The lowest BCUT2D eigenvalue weighted by atomic mass is 9.93. The molecule has 188 valence electrons. The Labute approximate surface area is 210 Å². The maximum absolute atomic E-state index is 13.1. The number of carbonyl (C=O) groups is 1. The highest BCUT2D eigenvalue weighted by Crippen LogP contribution is 2.38. The van der Waals surface area contributed by atoms with E-state index in [0.717, 1.165) is 28.1 Å². The maximum atomic E-state index is 13.1. The van der Waals surface area contributed by atoms with Gasteiger partial charge in [0.2, 0.25) is 5.79 Å². The molecule has 2 aromatic carbocycles. The molecule has 1 aliphatic heterocycles. The highest BCUT2D eigenvalue weighted by atomic mass is 35.5. The first-order valence-electron chi connectivity index (χ1n) is 11.8. The lowest BCUT2D eigenvalue weighted by Gasteiger charge is -2.30. The molecule has 0 spiro atoms. The number of nitrogens with one attached hydrogen (secondary N) is 2. The molecule has 0 unspecified atom stereocenters. The van der Waals surface area contributed by atoms with Crippen LogP contribution in [-0.2, 0) is 15.3 Å². The number of halogens is 1. The number of carbonyl (C=O) groups excluding carboxylic acids is 1. The van der Waals surface area contributed by atoms with Gasteiger partial charge in [0, 0.05) is 31.0 Å². The zero-order valence-corrected chi connectivity index (χ0v) is 22.5. The standard InChI is InChI=1S/C27H39N3O3.ClH/c1-17(2)23-10-9-11-24(18(3)4)25(23)29-26(31)28-16-27(32-19(5)20(6)33-27)21-12-14-22(15-13-21)30(7)8;/h9-15,17-20H,16H2,1-8H3,(H2,28,29,31);1H/t19-,20-;/m1./s1. The molecule has 0 bridgehead atoms. The van der Waals surface area contributed by atoms with Gasteiger partial charge in [-0.25, -0.2) is 4.79 Å². The van der Waals surface area contributed by atoms with Gasteiger partial charge in [0.1, 0.15) is 0 Å². The highest BCUT2D eigenvalue weighted by molar-refractivity contribution is 5.91.